The molecule has 0 aromatic heterocycles. The van der Waals surface area contributed by atoms with Crippen molar-refractivity contribution in [1.29, 1.82) is 0 Å². The molecule has 0 aliphatic heterocycles. The summed E-state index contributed by atoms with van der Waals surface area (Å²) in [5.41, 5.74) is -0.829. The van der Waals surface area contributed by atoms with Crippen LogP contribution in [0.25, 0.3) is 0 Å². The first-order valence-electron chi connectivity index (χ1n) is 3.61. The van der Waals surface area contributed by atoms with Crippen LogP contribution in [-0.2, 0) is 0 Å². The molecule has 0 radical (unpaired) electrons. The van der Waals surface area contributed by atoms with Crippen LogP contribution in [0.4, 0.5) is 8.78 Å². The Balaban J connectivity index is 4.27. The summed E-state index contributed by atoms with van der Waals surface area (Å²) in [7, 11) is 0. The van der Waals surface area contributed by atoms with Crippen LogP contribution >= 0.6 is 0 Å². The molecule has 0 nitrogen and oxygen atoms in total. The third-order valence-corrected chi connectivity index (χ3v) is 0.995. The Bertz CT molecular complexity index is 243. The van der Waals surface area contributed by atoms with Gasteiger partial charge in [-0.1, -0.05) is 11.8 Å². The maximum Gasteiger partial charge on any atom is 0.165 e. The van der Waals surface area contributed by atoms with Gasteiger partial charge in [-0.15, -0.1) is 0 Å². The average Bonchev–Trinajstić information content (AvgIpc) is 1.84. The summed E-state index contributed by atoms with van der Waals surface area (Å²) in [5.74, 6) is 4.87. The standard InChI is InChI=1S/C10H12F2/c1-9(6-8-11)5-4-7-10(2,3)12/h5-6,8H,1-3H3. The minimum absolute atomic E-state index is 0.425. The summed E-state index contributed by atoms with van der Waals surface area (Å²) >= 11 is 0. The lowest BCUT2D eigenvalue weighted by molar-refractivity contribution is 0.301. The highest BCUT2D eigenvalue weighted by atomic mass is 19.1. The molecule has 0 aromatic rings. The molecule has 0 fully saturated rings. The molecule has 2 heteroatoms. The molecule has 0 rings (SSSR count). The number of alkyl halides is 1. The van der Waals surface area contributed by atoms with Gasteiger partial charge in [-0.25, -0.2) is 8.78 Å². The molecule has 0 aromatic carbocycles. The van der Waals surface area contributed by atoms with Crippen LogP contribution in [0.3, 0.4) is 0 Å². The second kappa shape index (κ2) is 4.71. The van der Waals surface area contributed by atoms with E-state index in [-0.39, 0.29) is 0 Å². The Labute approximate surface area is 72.0 Å². The summed E-state index contributed by atoms with van der Waals surface area (Å²) in [6, 6.07) is 0. The van der Waals surface area contributed by atoms with Crippen LogP contribution < -0.4 is 0 Å². The number of rotatable bonds is 1. The lowest BCUT2D eigenvalue weighted by Gasteiger charge is -2.00. The fourth-order valence-corrected chi connectivity index (χ4v) is 0.469. The predicted octanol–water partition coefficient (Wildman–Crippen LogP) is 3.17. The van der Waals surface area contributed by atoms with Gasteiger partial charge in [-0.2, -0.15) is 0 Å². The monoisotopic (exact) mass is 170 g/mol. The van der Waals surface area contributed by atoms with Crippen LogP contribution in [0.1, 0.15) is 20.8 Å². The first-order valence-corrected chi connectivity index (χ1v) is 3.61. The van der Waals surface area contributed by atoms with Gasteiger partial charge in [-0.05, 0) is 38.5 Å². The molecule has 0 N–H and O–H groups in total. The minimum atomic E-state index is -1.49. The molecule has 12 heavy (non-hydrogen) atoms. The highest BCUT2D eigenvalue weighted by Crippen LogP contribution is 2.04. The largest absolute Gasteiger partial charge is 0.230 e. The van der Waals surface area contributed by atoms with Gasteiger partial charge >= 0.3 is 0 Å². The van der Waals surface area contributed by atoms with Gasteiger partial charge in [0.05, 0.1) is 6.33 Å². The highest BCUT2D eigenvalue weighted by molar-refractivity contribution is 5.28. The number of halogens is 2. The van der Waals surface area contributed by atoms with Gasteiger partial charge in [0.25, 0.3) is 0 Å². The molecule has 0 spiro atoms. The summed E-state index contributed by atoms with van der Waals surface area (Å²) in [4.78, 5) is 0. The topological polar surface area (TPSA) is 0 Å². The zero-order valence-electron chi connectivity index (χ0n) is 7.49. The van der Waals surface area contributed by atoms with Crippen molar-refractivity contribution in [2.45, 2.75) is 26.4 Å². The smallest absolute Gasteiger partial charge is 0.165 e. The van der Waals surface area contributed by atoms with E-state index in [0.717, 1.165) is 0 Å². The summed E-state index contributed by atoms with van der Waals surface area (Å²) < 4.78 is 24.3. The van der Waals surface area contributed by atoms with Crippen LogP contribution in [0.2, 0.25) is 0 Å². The summed E-state index contributed by atoms with van der Waals surface area (Å²) in [6.45, 7) is 4.43. The quantitative estimate of drug-likeness (QED) is 0.419. The first kappa shape index (κ1) is 10.9. The third kappa shape index (κ3) is 7.01. The number of hydrogen-bond acceptors (Lipinski definition) is 0. The molecule has 0 aliphatic carbocycles. The normalized spacial score (nSPS) is 12.9. The lowest BCUT2D eigenvalue weighted by Crippen LogP contribution is -2.06. The van der Waals surface area contributed by atoms with E-state index >= 15 is 0 Å². The minimum Gasteiger partial charge on any atom is -0.230 e. The molecule has 0 atom stereocenters. The maximum absolute atomic E-state index is 12.7. The van der Waals surface area contributed by atoms with Crippen molar-refractivity contribution < 1.29 is 8.78 Å². The van der Waals surface area contributed by atoms with Crippen LogP contribution in [0.5, 0.6) is 0 Å². The van der Waals surface area contributed by atoms with Crippen molar-refractivity contribution in [3.63, 3.8) is 0 Å². The van der Waals surface area contributed by atoms with E-state index in [1.807, 2.05) is 0 Å². The Morgan fingerprint density at radius 3 is 2.42 bits per heavy atom. The molecular weight excluding hydrogens is 158 g/mol. The van der Waals surface area contributed by atoms with Crippen molar-refractivity contribution in [3.8, 4) is 11.8 Å². The molecule has 0 unspecified atom stereocenters. The number of hydrogen-bond donors (Lipinski definition) is 0. The van der Waals surface area contributed by atoms with Crippen LogP contribution in [0.15, 0.2) is 24.1 Å². The van der Waals surface area contributed by atoms with Crippen molar-refractivity contribution in [1.82, 2.24) is 0 Å². The SMILES string of the molecule is CC(C=CF)=CC#CC(C)(C)F. The molecule has 0 heterocycles. The van der Waals surface area contributed by atoms with Gasteiger partial charge in [0.15, 0.2) is 5.67 Å². The predicted molar refractivity (Wildman–Crippen MR) is 47.0 cm³/mol. The fraction of sp³-hybridized carbons (Fsp3) is 0.400. The second-order valence-electron chi connectivity index (χ2n) is 2.92. The van der Waals surface area contributed by atoms with E-state index in [1.54, 1.807) is 6.92 Å². The van der Waals surface area contributed by atoms with Gasteiger partial charge in [0.1, 0.15) is 0 Å². The molecule has 0 bridgehead atoms. The van der Waals surface area contributed by atoms with E-state index in [9.17, 15) is 8.78 Å². The van der Waals surface area contributed by atoms with Gasteiger partial charge in [0.2, 0.25) is 0 Å². The molecule has 0 saturated heterocycles. The Morgan fingerprint density at radius 2 is 2.00 bits per heavy atom. The Morgan fingerprint density at radius 1 is 1.42 bits per heavy atom. The molecule has 0 amide bonds. The Hall–Kier alpha value is -1.10. The van der Waals surface area contributed by atoms with E-state index in [1.165, 1.54) is 26.0 Å². The van der Waals surface area contributed by atoms with Crippen molar-refractivity contribution in [2.75, 3.05) is 0 Å². The second-order valence-corrected chi connectivity index (χ2v) is 2.92. The summed E-state index contributed by atoms with van der Waals surface area (Å²) in [6.07, 6.45) is 3.16. The highest BCUT2D eigenvalue weighted by Gasteiger charge is 2.08. The van der Waals surface area contributed by atoms with Crippen molar-refractivity contribution in [2.24, 2.45) is 0 Å². The van der Waals surface area contributed by atoms with Gasteiger partial charge < -0.3 is 0 Å². The Kier molecular flexibility index (Phi) is 4.28. The maximum atomic E-state index is 12.7. The molecule has 66 valence electrons. The number of allylic oxidation sites excluding steroid dienone is 3. The first-order chi connectivity index (χ1) is 5.45. The average molecular weight is 170 g/mol. The van der Waals surface area contributed by atoms with E-state index in [4.69, 9.17) is 0 Å². The molecule has 0 aliphatic rings. The van der Waals surface area contributed by atoms with Crippen molar-refractivity contribution in [3.05, 3.63) is 24.1 Å². The van der Waals surface area contributed by atoms with E-state index in [0.29, 0.717) is 11.9 Å². The van der Waals surface area contributed by atoms with E-state index < -0.39 is 5.67 Å². The third-order valence-electron chi connectivity index (χ3n) is 0.995. The van der Waals surface area contributed by atoms with Crippen LogP contribution in [0, 0.1) is 11.8 Å². The fourth-order valence-electron chi connectivity index (χ4n) is 0.469. The van der Waals surface area contributed by atoms with Gasteiger partial charge in [-0.3, -0.25) is 0 Å². The molecular formula is C10H12F2. The lowest BCUT2D eigenvalue weighted by atomic mass is 10.2. The van der Waals surface area contributed by atoms with Crippen molar-refractivity contribution >= 4 is 0 Å². The zero-order valence-corrected chi connectivity index (χ0v) is 7.49. The van der Waals surface area contributed by atoms with Gasteiger partial charge in [0, 0.05) is 0 Å². The van der Waals surface area contributed by atoms with E-state index in [2.05, 4.69) is 11.8 Å². The van der Waals surface area contributed by atoms with Crippen LogP contribution in [-0.4, -0.2) is 5.67 Å². The zero-order chi connectivity index (χ0) is 9.61. The summed E-state index contributed by atoms with van der Waals surface area (Å²) in [5, 5.41) is 0. The molecule has 0 saturated carbocycles.